The number of anilines is 1. The van der Waals surface area contributed by atoms with Crippen molar-refractivity contribution in [1.82, 2.24) is 0 Å². The maximum Gasteiger partial charge on any atom is 0.229 e. The summed E-state index contributed by atoms with van der Waals surface area (Å²) in [5.74, 6) is 0.00694. The molecule has 0 spiro atoms. The van der Waals surface area contributed by atoms with Crippen LogP contribution in [0.15, 0.2) is 18.2 Å². The number of benzene rings is 1. The minimum absolute atomic E-state index is 0.00694. The minimum atomic E-state index is -0.515. The van der Waals surface area contributed by atoms with E-state index in [1.54, 1.807) is 4.90 Å². The number of aliphatic hydroxyl groups excluding tert-OH is 1. The summed E-state index contributed by atoms with van der Waals surface area (Å²) in [5, 5.41) is 9.41. The molecule has 0 radical (unpaired) electrons. The lowest BCUT2D eigenvalue weighted by molar-refractivity contribution is -0.117. The highest BCUT2D eigenvalue weighted by Gasteiger charge is 2.29. The molecule has 1 atom stereocenters. The van der Waals surface area contributed by atoms with Crippen LogP contribution in [0, 0.1) is 13.8 Å². The molecule has 1 amide bonds. The van der Waals surface area contributed by atoms with Gasteiger partial charge in [-0.25, -0.2) is 0 Å². The van der Waals surface area contributed by atoms with E-state index < -0.39 is 6.10 Å². The molecule has 1 aliphatic heterocycles. The normalized spacial score (nSPS) is 21.1. The van der Waals surface area contributed by atoms with E-state index in [1.807, 2.05) is 26.0 Å². The minimum Gasteiger partial charge on any atom is -0.391 e. The van der Waals surface area contributed by atoms with Crippen LogP contribution in [0.25, 0.3) is 0 Å². The fourth-order valence-electron chi connectivity index (χ4n) is 2.04. The summed E-state index contributed by atoms with van der Waals surface area (Å²) < 4.78 is 0. The SMILES string of the molecule is Cc1cc(C)cc(N2CC(O)CC2=O)c1. The van der Waals surface area contributed by atoms with Crippen molar-refractivity contribution in [3.8, 4) is 0 Å². The Balaban J connectivity index is 2.33. The van der Waals surface area contributed by atoms with E-state index in [4.69, 9.17) is 0 Å². The zero-order valence-electron chi connectivity index (χ0n) is 9.03. The van der Waals surface area contributed by atoms with Crippen LogP contribution in [0.4, 0.5) is 5.69 Å². The van der Waals surface area contributed by atoms with Gasteiger partial charge in [0.05, 0.1) is 19.1 Å². The number of carbonyl (C=O) groups excluding carboxylic acids is 1. The third kappa shape index (κ3) is 2.02. The molecule has 15 heavy (non-hydrogen) atoms. The quantitative estimate of drug-likeness (QED) is 0.753. The van der Waals surface area contributed by atoms with Gasteiger partial charge in [0.1, 0.15) is 0 Å². The van der Waals surface area contributed by atoms with Gasteiger partial charge < -0.3 is 10.0 Å². The second-order valence-electron chi connectivity index (χ2n) is 4.21. The van der Waals surface area contributed by atoms with E-state index >= 15 is 0 Å². The van der Waals surface area contributed by atoms with Crippen LogP contribution in [-0.4, -0.2) is 23.7 Å². The number of nitrogens with zero attached hydrogens (tertiary/aromatic N) is 1. The molecule has 1 N–H and O–H groups in total. The first kappa shape index (κ1) is 10.2. The Bertz CT molecular complexity index is 380. The van der Waals surface area contributed by atoms with Crippen LogP contribution in [0.1, 0.15) is 17.5 Å². The summed E-state index contributed by atoms with van der Waals surface area (Å²) in [6.45, 7) is 4.43. The third-order valence-corrected chi connectivity index (χ3v) is 2.62. The van der Waals surface area contributed by atoms with Gasteiger partial charge in [0.2, 0.25) is 5.91 Å². The second-order valence-corrected chi connectivity index (χ2v) is 4.21. The van der Waals surface area contributed by atoms with Crippen molar-refractivity contribution in [2.75, 3.05) is 11.4 Å². The van der Waals surface area contributed by atoms with Crippen molar-refractivity contribution in [2.45, 2.75) is 26.4 Å². The molecule has 1 unspecified atom stereocenters. The lowest BCUT2D eigenvalue weighted by Crippen LogP contribution is -2.25. The largest absolute Gasteiger partial charge is 0.391 e. The van der Waals surface area contributed by atoms with Crippen molar-refractivity contribution >= 4 is 11.6 Å². The van der Waals surface area contributed by atoms with E-state index in [-0.39, 0.29) is 12.3 Å². The number of aryl methyl sites for hydroxylation is 2. The van der Waals surface area contributed by atoms with Crippen LogP contribution >= 0.6 is 0 Å². The lowest BCUT2D eigenvalue weighted by Gasteiger charge is -2.17. The van der Waals surface area contributed by atoms with Crippen LogP contribution < -0.4 is 4.90 Å². The molecule has 3 heteroatoms. The molecule has 0 bridgehead atoms. The Hall–Kier alpha value is -1.35. The van der Waals surface area contributed by atoms with Gasteiger partial charge in [-0.2, -0.15) is 0 Å². The topological polar surface area (TPSA) is 40.5 Å². The number of rotatable bonds is 1. The second kappa shape index (κ2) is 3.66. The predicted molar refractivity (Wildman–Crippen MR) is 58.9 cm³/mol. The van der Waals surface area contributed by atoms with Gasteiger partial charge in [-0.3, -0.25) is 4.79 Å². The molecule has 0 saturated carbocycles. The van der Waals surface area contributed by atoms with Crippen LogP contribution in [0.5, 0.6) is 0 Å². The summed E-state index contributed by atoms with van der Waals surface area (Å²) in [7, 11) is 0. The number of hydrogen-bond acceptors (Lipinski definition) is 2. The van der Waals surface area contributed by atoms with Crippen molar-refractivity contribution in [3.05, 3.63) is 29.3 Å². The average molecular weight is 205 g/mol. The maximum atomic E-state index is 11.6. The van der Waals surface area contributed by atoms with Gasteiger partial charge in [-0.1, -0.05) is 6.07 Å². The zero-order valence-corrected chi connectivity index (χ0v) is 9.03. The van der Waals surface area contributed by atoms with Crippen molar-refractivity contribution < 1.29 is 9.90 Å². The molecule has 1 saturated heterocycles. The van der Waals surface area contributed by atoms with E-state index in [0.29, 0.717) is 6.54 Å². The van der Waals surface area contributed by atoms with Gasteiger partial charge in [0.15, 0.2) is 0 Å². The molecule has 0 aromatic heterocycles. The number of aliphatic hydroxyl groups is 1. The van der Waals surface area contributed by atoms with E-state index in [2.05, 4.69) is 6.07 Å². The Kier molecular flexibility index (Phi) is 2.49. The molecular weight excluding hydrogens is 190 g/mol. The summed E-state index contributed by atoms with van der Waals surface area (Å²) in [5.41, 5.74) is 3.17. The molecular formula is C12H15NO2. The lowest BCUT2D eigenvalue weighted by atomic mass is 10.1. The average Bonchev–Trinajstić information content (AvgIpc) is 2.43. The number of carbonyl (C=O) groups is 1. The predicted octanol–water partition coefficient (Wildman–Crippen LogP) is 1.40. The first-order valence-corrected chi connectivity index (χ1v) is 5.13. The highest BCUT2D eigenvalue weighted by atomic mass is 16.3. The van der Waals surface area contributed by atoms with Crippen LogP contribution in [0.3, 0.4) is 0 Å². The Morgan fingerprint density at radius 3 is 2.33 bits per heavy atom. The third-order valence-electron chi connectivity index (χ3n) is 2.62. The van der Waals surface area contributed by atoms with Gasteiger partial charge in [-0.15, -0.1) is 0 Å². The van der Waals surface area contributed by atoms with E-state index in [0.717, 1.165) is 16.8 Å². The van der Waals surface area contributed by atoms with Crippen LogP contribution in [0.2, 0.25) is 0 Å². The Labute approximate surface area is 89.3 Å². The number of β-amino-alcohol motifs (C(OH)–C–C–N with tert-alkyl or cyclic N) is 1. The first-order chi connectivity index (χ1) is 7.06. The van der Waals surface area contributed by atoms with Crippen LogP contribution in [-0.2, 0) is 4.79 Å². The molecule has 0 aliphatic carbocycles. The van der Waals surface area contributed by atoms with Crippen molar-refractivity contribution in [2.24, 2.45) is 0 Å². The smallest absolute Gasteiger partial charge is 0.229 e. The molecule has 2 rings (SSSR count). The molecule has 1 aromatic carbocycles. The maximum absolute atomic E-state index is 11.6. The highest BCUT2D eigenvalue weighted by Crippen LogP contribution is 2.23. The standard InChI is InChI=1S/C12H15NO2/c1-8-3-9(2)5-10(4-8)13-7-11(14)6-12(13)15/h3-5,11,14H,6-7H2,1-2H3. The molecule has 1 aliphatic rings. The molecule has 1 fully saturated rings. The summed E-state index contributed by atoms with van der Waals surface area (Å²) >= 11 is 0. The zero-order chi connectivity index (χ0) is 11.0. The summed E-state index contributed by atoms with van der Waals surface area (Å²) in [4.78, 5) is 13.2. The fourth-order valence-corrected chi connectivity index (χ4v) is 2.04. The summed E-state index contributed by atoms with van der Waals surface area (Å²) in [6.07, 6.45) is -0.272. The van der Waals surface area contributed by atoms with Gasteiger partial charge in [0.25, 0.3) is 0 Å². The Morgan fingerprint density at radius 1 is 1.27 bits per heavy atom. The number of amides is 1. The van der Waals surface area contributed by atoms with E-state index in [1.165, 1.54) is 0 Å². The van der Waals surface area contributed by atoms with Gasteiger partial charge in [-0.05, 0) is 37.1 Å². The molecule has 1 aromatic rings. The molecule has 80 valence electrons. The van der Waals surface area contributed by atoms with Gasteiger partial charge >= 0.3 is 0 Å². The molecule has 1 heterocycles. The van der Waals surface area contributed by atoms with Crippen molar-refractivity contribution in [3.63, 3.8) is 0 Å². The first-order valence-electron chi connectivity index (χ1n) is 5.13. The highest BCUT2D eigenvalue weighted by molar-refractivity contribution is 5.96. The van der Waals surface area contributed by atoms with E-state index in [9.17, 15) is 9.90 Å². The Morgan fingerprint density at radius 2 is 1.87 bits per heavy atom. The van der Waals surface area contributed by atoms with Crippen molar-refractivity contribution in [1.29, 1.82) is 0 Å². The number of hydrogen-bond donors (Lipinski definition) is 1. The fraction of sp³-hybridized carbons (Fsp3) is 0.417. The summed E-state index contributed by atoms with van der Waals surface area (Å²) in [6, 6.07) is 6.02. The monoisotopic (exact) mass is 205 g/mol. The van der Waals surface area contributed by atoms with Gasteiger partial charge in [0, 0.05) is 5.69 Å². The molecule has 3 nitrogen and oxygen atoms in total.